The highest BCUT2D eigenvalue weighted by molar-refractivity contribution is 5.73. The zero-order valence-electron chi connectivity index (χ0n) is 12.8. The van der Waals surface area contributed by atoms with Crippen molar-refractivity contribution in [1.82, 2.24) is 0 Å². The van der Waals surface area contributed by atoms with Crippen LogP contribution in [0.2, 0.25) is 0 Å². The molecule has 0 aromatic heterocycles. The summed E-state index contributed by atoms with van der Waals surface area (Å²) in [7, 11) is 1.47. The molecule has 0 saturated carbocycles. The van der Waals surface area contributed by atoms with Gasteiger partial charge in [0.25, 0.3) is 0 Å². The largest absolute Gasteiger partial charge is 0.504 e. The van der Waals surface area contributed by atoms with E-state index in [-0.39, 0.29) is 24.2 Å². The number of carbonyl (C=O) groups is 1. The second kappa shape index (κ2) is 7.50. The van der Waals surface area contributed by atoms with Crippen LogP contribution in [0.5, 0.6) is 11.5 Å². The Balaban J connectivity index is 2.03. The number of aromatic hydroxyl groups is 1. The minimum Gasteiger partial charge on any atom is -0.504 e. The van der Waals surface area contributed by atoms with E-state index in [4.69, 9.17) is 9.47 Å². The summed E-state index contributed by atoms with van der Waals surface area (Å²) in [6.07, 6.45) is 0.613. The molecule has 0 amide bonds. The van der Waals surface area contributed by atoms with Crippen molar-refractivity contribution >= 4 is 5.97 Å². The summed E-state index contributed by atoms with van der Waals surface area (Å²) in [5.41, 5.74) is 1.73. The van der Waals surface area contributed by atoms with Crippen LogP contribution in [0.4, 0.5) is 0 Å². The molecule has 4 nitrogen and oxygen atoms in total. The summed E-state index contributed by atoms with van der Waals surface area (Å²) in [6.45, 7) is 1.98. The van der Waals surface area contributed by atoms with Gasteiger partial charge in [0.15, 0.2) is 11.5 Å². The highest BCUT2D eigenvalue weighted by Gasteiger charge is 2.15. The number of methoxy groups -OCH3 is 1. The van der Waals surface area contributed by atoms with Crippen molar-refractivity contribution < 1.29 is 19.4 Å². The molecule has 0 spiro atoms. The summed E-state index contributed by atoms with van der Waals surface area (Å²) < 4.78 is 10.6. The SMILES string of the molecule is CCC(OC(=O)Cc1ccc(O)c(OC)c1)c1ccccc1. The number of rotatable bonds is 6. The Labute approximate surface area is 130 Å². The van der Waals surface area contributed by atoms with Crippen molar-refractivity contribution in [2.24, 2.45) is 0 Å². The van der Waals surface area contributed by atoms with Crippen molar-refractivity contribution in [3.05, 3.63) is 59.7 Å². The molecular formula is C18H20O4. The first kappa shape index (κ1) is 15.9. The van der Waals surface area contributed by atoms with Crippen LogP contribution >= 0.6 is 0 Å². The lowest BCUT2D eigenvalue weighted by molar-refractivity contribution is -0.148. The summed E-state index contributed by atoms with van der Waals surface area (Å²) in [5.74, 6) is 0.0965. The van der Waals surface area contributed by atoms with Gasteiger partial charge in [0, 0.05) is 0 Å². The lowest BCUT2D eigenvalue weighted by Crippen LogP contribution is -2.13. The monoisotopic (exact) mass is 300 g/mol. The molecule has 4 heteroatoms. The van der Waals surface area contributed by atoms with Crippen molar-refractivity contribution in [1.29, 1.82) is 0 Å². The van der Waals surface area contributed by atoms with E-state index < -0.39 is 0 Å². The number of ether oxygens (including phenoxy) is 2. The van der Waals surface area contributed by atoms with Gasteiger partial charge in [-0.05, 0) is 29.7 Å². The molecular weight excluding hydrogens is 280 g/mol. The van der Waals surface area contributed by atoms with Crippen LogP contribution in [0.3, 0.4) is 0 Å². The second-order valence-electron chi connectivity index (χ2n) is 4.98. The van der Waals surface area contributed by atoms with E-state index >= 15 is 0 Å². The van der Waals surface area contributed by atoms with Gasteiger partial charge in [-0.15, -0.1) is 0 Å². The summed E-state index contributed by atoms with van der Waals surface area (Å²) in [5, 5.41) is 9.56. The highest BCUT2D eigenvalue weighted by atomic mass is 16.5. The minimum atomic E-state index is -0.302. The molecule has 0 radical (unpaired) electrons. The molecule has 0 heterocycles. The molecule has 22 heavy (non-hydrogen) atoms. The predicted molar refractivity (Wildman–Crippen MR) is 83.9 cm³/mol. The van der Waals surface area contributed by atoms with Crippen LogP contribution in [-0.2, 0) is 16.0 Å². The summed E-state index contributed by atoms with van der Waals surface area (Å²) in [4.78, 5) is 12.1. The molecule has 0 fully saturated rings. The fraction of sp³-hybridized carbons (Fsp3) is 0.278. The van der Waals surface area contributed by atoms with E-state index in [1.807, 2.05) is 37.3 Å². The van der Waals surface area contributed by atoms with Crippen LogP contribution in [0, 0.1) is 0 Å². The molecule has 0 aliphatic heterocycles. The second-order valence-corrected chi connectivity index (χ2v) is 4.98. The molecule has 0 aliphatic carbocycles. The fourth-order valence-electron chi connectivity index (χ4n) is 2.25. The Hall–Kier alpha value is -2.49. The third-order valence-electron chi connectivity index (χ3n) is 3.41. The molecule has 0 aliphatic rings. The Morgan fingerprint density at radius 2 is 1.91 bits per heavy atom. The smallest absolute Gasteiger partial charge is 0.310 e. The number of hydrogen-bond donors (Lipinski definition) is 1. The number of carbonyl (C=O) groups excluding carboxylic acids is 1. The maximum atomic E-state index is 12.1. The summed E-state index contributed by atoms with van der Waals surface area (Å²) >= 11 is 0. The van der Waals surface area contributed by atoms with Gasteiger partial charge < -0.3 is 14.6 Å². The molecule has 1 N–H and O–H groups in total. The number of phenolic OH excluding ortho intramolecular Hbond substituents is 1. The molecule has 2 rings (SSSR count). The first-order chi connectivity index (χ1) is 10.6. The van der Waals surface area contributed by atoms with Crippen LogP contribution in [-0.4, -0.2) is 18.2 Å². The topological polar surface area (TPSA) is 55.8 Å². The fourth-order valence-corrected chi connectivity index (χ4v) is 2.25. The molecule has 1 atom stereocenters. The molecule has 2 aromatic rings. The van der Waals surface area contributed by atoms with E-state index in [1.165, 1.54) is 13.2 Å². The zero-order valence-corrected chi connectivity index (χ0v) is 12.8. The van der Waals surface area contributed by atoms with Crippen molar-refractivity contribution in [3.8, 4) is 11.5 Å². The van der Waals surface area contributed by atoms with Crippen LogP contribution in [0.15, 0.2) is 48.5 Å². The predicted octanol–water partition coefficient (Wildman–Crippen LogP) is 3.64. The standard InChI is InChI=1S/C18H20O4/c1-3-16(14-7-5-4-6-8-14)22-18(20)12-13-9-10-15(19)17(11-13)21-2/h4-11,16,19H,3,12H2,1-2H3. The van der Waals surface area contributed by atoms with E-state index in [0.717, 1.165) is 11.1 Å². The summed E-state index contributed by atoms with van der Waals surface area (Å²) in [6, 6.07) is 14.5. The van der Waals surface area contributed by atoms with E-state index in [2.05, 4.69) is 0 Å². The average Bonchev–Trinajstić information content (AvgIpc) is 2.55. The number of esters is 1. The van der Waals surface area contributed by atoms with Gasteiger partial charge in [0.2, 0.25) is 0 Å². The maximum Gasteiger partial charge on any atom is 0.310 e. The Morgan fingerprint density at radius 1 is 1.18 bits per heavy atom. The lowest BCUT2D eigenvalue weighted by atomic mass is 10.1. The minimum absolute atomic E-state index is 0.0512. The van der Waals surface area contributed by atoms with Gasteiger partial charge in [-0.2, -0.15) is 0 Å². The third kappa shape index (κ3) is 4.01. The normalized spacial score (nSPS) is 11.7. The van der Waals surface area contributed by atoms with Gasteiger partial charge in [-0.1, -0.05) is 43.3 Å². The molecule has 2 aromatic carbocycles. The van der Waals surface area contributed by atoms with Crippen molar-refractivity contribution in [2.45, 2.75) is 25.9 Å². The van der Waals surface area contributed by atoms with E-state index in [0.29, 0.717) is 12.2 Å². The first-order valence-corrected chi connectivity index (χ1v) is 7.24. The van der Waals surface area contributed by atoms with Gasteiger partial charge in [0.1, 0.15) is 6.10 Å². The van der Waals surface area contributed by atoms with E-state index in [1.54, 1.807) is 12.1 Å². The van der Waals surface area contributed by atoms with Crippen LogP contribution < -0.4 is 4.74 Å². The number of hydrogen-bond acceptors (Lipinski definition) is 4. The Bertz CT molecular complexity index is 622. The Kier molecular flexibility index (Phi) is 5.42. The van der Waals surface area contributed by atoms with Crippen molar-refractivity contribution in [3.63, 3.8) is 0 Å². The van der Waals surface area contributed by atoms with Gasteiger partial charge in [-0.3, -0.25) is 4.79 Å². The van der Waals surface area contributed by atoms with E-state index in [9.17, 15) is 9.90 Å². The molecule has 0 saturated heterocycles. The highest BCUT2D eigenvalue weighted by Crippen LogP contribution is 2.27. The first-order valence-electron chi connectivity index (χ1n) is 7.24. The molecule has 1 unspecified atom stereocenters. The lowest BCUT2D eigenvalue weighted by Gasteiger charge is -2.16. The third-order valence-corrected chi connectivity index (χ3v) is 3.41. The average molecular weight is 300 g/mol. The molecule has 0 bridgehead atoms. The zero-order chi connectivity index (χ0) is 15.9. The van der Waals surface area contributed by atoms with Crippen molar-refractivity contribution in [2.75, 3.05) is 7.11 Å². The Morgan fingerprint density at radius 3 is 2.55 bits per heavy atom. The van der Waals surface area contributed by atoms with Gasteiger partial charge in [0.05, 0.1) is 13.5 Å². The van der Waals surface area contributed by atoms with Gasteiger partial charge in [-0.25, -0.2) is 0 Å². The molecule has 116 valence electrons. The number of benzene rings is 2. The maximum absolute atomic E-state index is 12.1. The van der Waals surface area contributed by atoms with Crippen LogP contribution in [0.1, 0.15) is 30.6 Å². The number of phenols is 1. The van der Waals surface area contributed by atoms with Gasteiger partial charge >= 0.3 is 5.97 Å². The van der Waals surface area contributed by atoms with Crippen LogP contribution in [0.25, 0.3) is 0 Å². The quantitative estimate of drug-likeness (QED) is 0.828.